The van der Waals surface area contributed by atoms with Crippen LogP contribution in [0.25, 0.3) is 0 Å². The van der Waals surface area contributed by atoms with Crippen LogP contribution in [0.15, 0.2) is 11.2 Å². The second-order valence-corrected chi connectivity index (χ2v) is 7.16. The van der Waals surface area contributed by atoms with Crippen LogP contribution in [-0.4, -0.2) is 72.0 Å². The summed E-state index contributed by atoms with van der Waals surface area (Å²) in [5.41, 5.74) is 0.00331. The molecule has 0 spiro atoms. The Kier molecular flexibility index (Phi) is 6.19. The van der Waals surface area contributed by atoms with Gasteiger partial charge in [-0.3, -0.25) is 4.84 Å². The maximum atomic E-state index is 10.00. The van der Waals surface area contributed by atoms with Crippen molar-refractivity contribution in [3.8, 4) is 0 Å². The van der Waals surface area contributed by atoms with E-state index in [-0.39, 0.29) is 5.54 Å². The SMILES string of the molecule is CC(C)(C)NCC(O)CON1CSC=C1N1CCOCC1. The molecule has 21 heavy (non-hydrogen) atoms. The van der Waals surface area contributed by atoms with Gasteiger partial charge in [0.1, 0.15) is 12.4 Å². The van der Waals surface area contributed by atoms with E-state index in [0.29, 0.717) is 13.2 Å². The molecule has 1 atom stereocenters. The zero-order valence-corrected chi connectivity index (χ0v) is 14.0. The van der Waals surface area contributed by atoms with Gasteiger partial charge in [0, 0.05) is 30.6 Å². The Morgan fingerprint density at radius 1 is 1.43 bits per heavy atom. The highest BCUT2D eigenvalue weighted by molar-refractivity contribution is 8.02. The van der Waals surface area contributed by atoms with Gasteiger partial charge in [-0.25, -0.2) is 5.06 Å². The molecule has 0 saturated carbocycles. The third kappa shape index (κ3) is 5.67. The summed E-state index contributed by atoms with van der Waals surface area (Å²) >= 11 is 1.71. The lowest BCUT2D eigenvalue weighted by atomic mass is 10.1. The van der Waals surface area contributed by atoms with Crippen molar-refractivity contribution in [3.63, 3.8) is 0 Å². The quantitative estimate of drug-likeness (QED) is 0.751. The average molecular weight is 317 g/mol. The van der Waals surface area contributed by atoms with Crippen molar-refractivity contribution in [1.29, 1.82) is 0 Å². The van der Waals surface area contributed by atoms with Crippen molar-refractivity contribution in [1.82, 2.24) is 15.3 Å². The molecule has 2 aliphatic heterocycles. The highest BCUT2D eigenvalue weighted by Gasteiger charge is 2.24. The summed E-state index contributed by atoms with van der Waals surface area (Å²) in [5.74, 6) is 1.85. The Morgan fingerprint density at radius 3 is 2.81 bits per heavy atom. The van der Waals surface area contributed by atoms with E-state index in [2.05, 4.69) is 36.4 Å². The normalized spacial score (nSPS) is 21.6. The van der Waals surface area contributed by atoms with E-state index < -0.39 is 6.10 Å². The summed E-state index contributed by atoms with van der Waals surface area (Å²) in [6.07, 6.45) is -0.513. The van der Waals surface area contributed by atoms with Crippen molar-refractivity contribution >= 4 is 11.8 Å². The minimum Gasteiger partial charge on any atom is -0.389 e. The molecule has 2 aliphatic rings. The monoisotopic (exact) mass is 317 g/mol. The Morgan fingerprint density at radius 2 is 2.14 bits per heavy atom. The molecule has 122 valence electrons. The molecule has 0 aromatic carbocycles. The van der Waals surface area contributed by atoms with E-state index >= 15 is 0 Å². The van der Waals surface area contributed by atoms with Crippen LogP contribution in [0.4, 0.5) is 0 Å². The van der Waals surface area contributed by atoms with Crippen LogP contribution in [-0.2, 0) is 9.57 Å². The van der Waals surface area contributed by atoms with Crippen molar-refractivity contribution in [2.75, 3.05) is 45.3 Å². The largest absolute Gasteiger partial charge is 0.389 e. The highest BCUT2D eigenvalue weighted by atomic mass is 32.2. The number of β-amino-alcohol motifs (C(OH)–C–C–N with tert-alkyl or cyclic N) is 1. The topological polar surface area (TPSA) is 57.2 Å². The first-order valence-corrected chi connectivity index (χ1v) is 8.48. The molecule has 6 nitrogen and oxygen atoms in total. The van der Waals surface area contributed by atoms with Crippen LogP contribution in [0.3, 0.4) is 0 Å². The fraction of sp³-hybridized carbons (Fsp3) is 0.857. The van der Waals surface area contributed by atoms with Crippen LogP contribution in [0, 0.1) is 0 Å². The summed E-state index contributed by atoms with van der Waals surface area (Å²) in [7, 11) is 0. The number of rotatable bonds is 6. The molecule has 0 aromatic rings. The van der Waals surface area contributed by atoms with E-state index in [1.165, 1.54) is 0 Å². The number of hydrogen-bond acceptors (Lipinski definition) is 7. The third-order valence-corrected chi connectivity index (χ3v) is 4.02. The first-order valence-electron chi connectivity index (χ1n) is 7.44. The Hall–Kier alpha value is -0.470. The van der Waals surface area contributed by atoms with Crippen LogP contribution < -0.4 is 5.32 Å². The fourth-order valence-electron chi connectivity index (χ4n) is 2.09. The molecular weight excluding hydrogens is 290 g/mol. The molecule has 1 unspecified atom stereocenters. The van der Waals surface area contributed by atoms with Gasteiger partial charge in [-0.15, -0.1) is 11.8 Å². The first-order chi connectivity index (χ1) is 9.96. The van der Waals surface area contributed by atoms with Crippen LogP contribution in [0.1, 0.15) is 20.8 Å². The standard InChI is InChI=1S/C14H27N3O3S/c1-14(2,3)15-8-12(18)9-20-17-11-21-10-13(17)16-4-6-19-7-5-16/h10,12,15,18H,4-9,11H2,1-3H3. The molecule has 0 aliphatic carbocycles. The minimum atomic E-state index is -0.513. The zero-order valence-electron chi connectivity index (χ0n) is 13.2. The summed E-state index contributed by atoms with van der Waals surface area (Å²) in [6, 6.07) is 0. The lowest BCUT2D eigenvalue weighted by Gasteiger charge is -2.34. The predicted molar refractivity (Wildman–Crippen MR) is 84.5 cm³/mol. The van der Waals surface area contributed by atoms with Crippen LogP contribution in [0.2, 0.25) is 0 Å². The Labute approximate surface area is 131 Å². The number of hydroxylamine groups is 2. The number of aliphatic hydroxyl groups excluding tert-OH is 1. The molecule has 0 amide bonds. The minimum absolute atomic E-state index is 0.00331. The molecule has 0 radical (unpaired) electrons. The molecule has 2 heterocycles. The van der Waals surface area contributed by atoms with Crippen LogP contribution in [0.5, 0.6) is 0 Å². The maximum Gasteiger partial charge on any atom is 0.136 e. The number of morpholine rings is 1. The van der Waals surface area contributed by atoms with E-state index in [4.69, 9.17) is 9.57 Å². The summed E-state index contributed by atoms with van der Waals surface area (Å²) in [4.78, 5) is 8.03. The summed E-state index contributed by atoms with van der Waals surface area (Å²) < 4.78 is 5.37. The Bertz CT molecular complexity index is 354. The van der Waals surface area contributed by atoms with E-state index in [1.807, 2.05) is 5.06 Å². The number of nitrogens with one attached hydrogen (secondary N) is 1. The lowest BCUT2D eigenvalue weighted by molar-refractivity contribution is -0.158. The molecule has 0 bridgehead atoms. The van der Waals surface area contributed by atoms with Gasteiger partial charge < -0.3 is 20.1 Å². The molecule has 1 saturated heterocycles. The van der Waals surface area contributed by atoms with Crippen molar-refractivity contribution in [2.24, 2.45) is 0 Å². The number of aliphatic hydroxyl groups is 1. The fourth-order valence-corrected chi connectivity index (χ4v) is 2.92. The second kappa shape index (κ2) is 7.69. The molecule has 1 fully saturated rings. The molecular formula is C14H27N3O3S. The lowest BCUT2D eigenvalue weighted by Crippen LogP contribution is -2.44. The van der Waals surface area contributed by atoms with Gasteiger partial charge in [-0.05, 0) is 20.8 Å². The molecule has 2 N–H and O–H groups in total. The van der Waals surface area contributed by atoms with E-state index in [1.54, 1.807) is 11.8 Å². The predicted octanol–water partition coefficient (Wildman–Crippen LogP) is 0.804. The molecule has 7 heteroatoms. The Balaban J connectivity index is 1.73. The maximum absolute atomic E-state index is 10.00. The molecule has 2 rings (SSSR count). The van der Waals surface area contributed by atoms with Gasteiger partial charge in [-0.2, -0.15) is 0 Å². The van der Waals surface area contributed by atoms with E-state index in [0.717, 1.165) is 38.0 Å². The van der Waals surface area contributed by atoms with Gasteiger partial charge in [0.05, 0.1) is 25.2 Å². The smallest absolute Gasteiger partial charge is 0.136 e. The van der Waals surface area contributed by atoms with Gasteiger partial charge in [0.15, 0.2) is 0 Å². The van der Waals surface area contributed by atoms with Gasteiger partial charge in [0.25, 0.3) is 0 Å². The number of ether oxygens (including phenoxy) is 1. The second-order valence-electron chi connectivity index (χ2n) is 6.33. The average Bonchev–Trinajstić information content (AvgIpc) is 2.91. The van der Waals surface area contributed by atoms with Gasteiger partial charge >= 0.3 is 0 Å². The van der Waals surface area contributed by atoms with E-state index in [9.17, 15) is 5.11 Å². The highest BCUT2D eigenvalue weighted by Crippen LogP contribution is 2.26. The summed E-state index contributed by atoms with van der Waals surface area (Å²) in [6.45, 7) is 10.4. The first kappa shape index (κ1) is 16.9. The van der Waals surface area contributed by atoms with Crippen molar-refractivity contribution < 1.29 is 14.7 Å². The zero-order chi connectivity index (χ0) is 15.3. The number of thioether (sulfide) groups is 1. The summed E-state index contributed by atoms with van der Waals surface area (Å²) in [5, 5.41) is 17.3. The van der Waals surface area contributed by atoms with Gasteiger partial charge in [0.2, 0.25) is 0 Å². The van der Waals surface area contributed by atoms with Crippen molar-refractivity contribution in [2.45, 2.75) is 32.4 Å². The number of hydrogen-bond donors (Lipinski definition) is 2. The molecule has 0 aromatic heterocycles. The van der Waals surface area contributed by atoms with Crippen LogP contribution >= 0.6 is 11.8 Å². The third-order valence-electron chi connectivity index (χ3n) is 3.26. The van der Waals surface area contributed by atoms with Crippen molar-refractivity contribution in [3.05, 3.63) is 11.2 Å². The number of nitrogens with zero attached hydrogens (tertiary/aromatic N) is 2. The van der Waals surface area contributed by atoms with Gasteiger partial charge in [-0.1, -0.05) is 0 Å².